The van der Waals surface area contributed by atoms with E-state index in [0.29, 0.717) is 18.2 Å². The lowest BCUT2D eigenvalue weighted by molar-refractivity contribution is -0.387. The first-order valence-corrected chi connectivity index (χ1v) is 7.07. The number of halogens is 1. The first-order valence-electron chi connectivity index (χ1n) is 5.91. The topological polar surface area (TPSA) is 55.2 Å². The van der Waals surface area contributed by atoms with Gasteiger partial charge in [0.1, 0.15) is 0 Å². The molecule has 0 aliphatic carbocycles. The van der Waals surface area contributed by atoms with Gasteiger partial charge in [-0.1, -0.05) is 12.1 Å². The largest absolute Gasteiger partial charge is 0.309 e. The fourth-order valence-corrected chi connectivity index (χ4v) is 3.11. The normalized spacial score (nSPS) is 19.7. The summed E-state index contributed by atoms with van der Waals surface area (Å²) in [5, 5.41) is 13.9. The van der Waals surface area contributed by atoms with E-state index in [-0.39, 0.29) is 0 Å². The molecule has 18 heavy (non-hydrogen) atoms. The van der Waals surface area contributed by atoms with Crippen molar-refractivity contribution < 1.29 is 9.31 Å². The van der Waals surface area contributed by atoms with E-state index in [4.69, 9.17) is 0 Å². The highest BCUT2D eigenvalue weighted by molar-refractivity contribution is 7.99. The molecule has 0 saturated carbocycles. The van der Waals surface area contributed by atoms with E-state index in [1.54, 1.807) is 6.07 Å². The number of hydrogen-bond donors (Lipinski definition) is 1. The first kappa shape index (κ1) is 13.3. The van der Waals surface area contributed by atoms with Gasteiger partial charge in [0.15, 0.2) is 0 Å². The number of nitro groups is 1. The zero-order valence-corrected chi connectivity index (χ0v) is 10.7. The zero-order chi connectivity index (χ0) is 13.0. The summed E-state index contributed by atoms with van der Waals surface area (Å²) in [6.07, 6.45) is 2.25. The molecule has 1 fully saturated rings. The Morgan fingerprint density at radius 3 is 3.06 bits per heavy atom. The molecule has 0 spiro atoms. The predicted octanol–water partition coefficient (Wildman–Crippen LogP) is 2.72. The fourth-order valence-electron chi connectivity index (χ4n) is 2.00. The third-order valence-electron chi connectivity index (χ3n) is 3.00. The number of nitrogens with one attached hydrogen (secondary N) is 1. The van der Waals surface area contributed by atoms with Crippen LogP contribution in [0.25, 0.3) is 0 Å². The molecule has 2 rings (SSSR count). The fraction of sp³-hybridized carbons (Fsp3) is 0.500. The highest BCUT2D eigenvalue weighted by atomic mass is 32.2. The minimum atomic E-state index is -0.724. The Morgan fingerprint density at radius 2 is 2.39 bits per heavy atom. The van der Waals surface area contributed by atoms with Crippen LogP contribution in [0.5, 0.6) is 0 Å². The zero-order valence-electron chi connectivity index (χ0n) is 9.89. The van der Waals surface area contributed by atoms with Gasteiger partial charge < -0.3 is 5.32 Å². The van der Waals surface area contributed by atoms with Gasteiger partial charge in [-0.3, -0.25) is 10.1 Å². The second-order valence-corrected chi connectivity index (χ2v) is 5.45. The van der Waals surface area contributed by atoms with E-state index >= 15 is 0 Å². The molecule has 1 unspecified atom stereocenters. The molecule has 1 heterocycles. The molecule has 1 aliphatic rings. The maximum atomic E-state index is 13.8. The van der Waals surface area contributed by atoms with Gasteiger partial charge in [0.2, 0.25) is 5.82 Å². The molecule has 1 saturated heterocycles. The van der Waals surface area contributed by atoms with E-state index < -0.39 is 16.4 Å². The molecular weight excluding hydrogens is 255 g/mol. The van der Waals surface area contributed by atoms with Gasteiger partial charge in [-0.2, -0.15) is 16.2 Å². The molecule has 1 aromatic rings. The van der Waals surface area contributed by atoms with E-state index in [2.05, 4.69) is 5.32 Å². The Hall–Kier alpha value is -1.14. The minimum Gasteiger partial charge on any atom is -0.309 e. The molecule has 1 N–H and O–H groups in total. The summed E-state index contributed by atoms with van der Waals surface area (Å²) >= 11 is 1.89. The number of benzene rings is 1. The van der Waals surface area contributed by atoms with Crippen molar-refractivity contribution in [2.45, 2.75) is 25.4 Å². The van der Waals surface area contributed by atoms with Crippen molar-refractivity contribution in [3.05, 3.63) is 39.7 Å². The van der Waals surface area contributed by atoms with Crippen LogP contribution in [0.1, 0.15) is 18.4 Å². The molecular formula is C12H15FN2O2S. The average molecular weight is 270 g/mol. The molecule has 1 atom stereocenters. The lowest BCUT2D eigenvalue weighted by atomic mass is 10.1. The molecule has 6 heteroatoms. The standard InChI is InChI=1S/C12H15FN2O2S/c13-12-9(3-1-5-11(12)15(16)17)7-14-10-4-2-6-18-8-10/h1,3,5,10,14H,2,4,6-8H2. The molecule has 98 valence electrons. The van der Waals surface area contributed by atoms with Crippen molar-refractivity contribution in [3.8, 4) is 0 Å². The molecule has 1 aliphatic heterocycles. The molecule has 1 aromatic carbocycles. The van der Waals surface area contributed by atoms with Crippen LogP contribution in [-0.4, -0.2) is 22.5 Å². The van der Waals surface area contributed by atoms with Gasteiger partial charge in [0.25, 0.3) is 0 Å². The van der Waals surface area contributed by atoms with Crippen molar-refractivity contribution >= 4 is 17.4 Å². The van der Waals surface area contributed by atoms with Crippen LogP contribution in [0.2, 0.25) is 0 Å². The van der Waals surface area contributed by atoms with Crippen molar-refractivity contribution in [2.24, 2.45) is 0 Å². The number of rotatable bonds is 4. The second kappa shape index (κ2) is 6.15. The first-order chi connectivity index (χ1) is 8.68. The van der Waals surface area contributed by atoms with Gasteiger partial charge in [-0.05, 0) is 18.6 Å². The Balaban J connectivity index is 2.00. The molecule has 0 amide bonds. The molecule has 0 bridgehead atoms. The number of nitro benzene ring substituents is 1. The molecule has 4 nitrogen and oxygen atoms in total. The van der Waals surface area contributed by atoms with Crippen LogP contribution in [-0.2, 0) is 6.54 Å². The predicted molar refractivity (Wildman–Crippen MR) is 70.2 cm³/mol. The van der Waals surface area contributed by atoms with Gasteiger partial charge in [0.05, 0.1) is 4.92 Å². The summed E-state index contributed by atoms with van der Waals surface area (Å²) in [7, 11) is 0. The SMILES string of the molecule is O=[N+]([O-])c1cccc(CNC2CCCSC2)c1F. The van der Waals surface area contributed by atoms with Crippen molar-refractivity contribution in [1.29, 1.82) is 0 Å². The van der Waals surface area contributed by atoms with Gasteiger partial charge in [-0.25, -0.2) is 0 Å². The minimum absolute atomic E-state index is 0.346. The lowest BCUT2D eigenvalue weighted by Crippen LogP contribution is -2.33. The Kier molecular flexibility index (Phi) is 4.54. The van der Waals surface area contributed by atoms with E-state index in [1.165, 1.54) is 24.3 Å². The van der Waals surface area contributed by atoms with Crippen molar-refractivity contribution in [1.82, 2.24) is 5.32 Å². The summed E-state index contributed by atoms with van der Waals surface area (Å²) in [6.45, 7) is 0.346. The highest BCUT2D eigenvalue weighted by Gasteiger charge is 2.18. The third kappa shape index (κ3) is 3.20. The second-order valence-electron chi connectivity index (χ2n) is 4.30. The Labute approximate surface area is 109 Å². The monoisotopic (exact) mass is 270 g/mol. The number of nitrogens with zero attached hydrogens (tertiary/aromatic N) is 1. The van der Waals surface area contributed by atoms with Gasteiger partial charge >= 0.3 is 5.69 Å². The van der Waals surface area contributed by atoms with Gasteiger partial charge in [-0.15, -0.1) is 0 Å². The van der Waals surface area contributed by atoms with E-state index in [0.717, 1.165) is 12.2 Å². The van der Waals surface area contributed by atoms with Crippen LogP contribution >= 0.6 is 11.8 Å². The maximum Gasteiger partial charge on any atom is 0.305 e. The summed E-state index contributed by atoms with van der Waals surface area (Å²) in [6, 6.07) is 4.68. The number of thioether (sulfide) groups is 1. The Morgan fingerprint density at radius 1 is 1.56 bits per heavy atom. The highest BCUT2D eigenvalue weighted by Crippen LogP contribution is 2.21. The Bertz CT molecular complexity index is 436. The van der Waals surface area contributed by atoms with Crippen LogP contribution in [0.3, 0.4) is 0 Å². The lowest BCUT2D eigenvalue weighted by Gasteiger charge is -2.22. The summed E-state index contributed by atoms with van der Waals surface area (Å²) < 4.78 is 13.8. The maximum absolute atomic E-state index is 13.8. The molecule has 0 radical (unpaired) electrons. The number of hydrogen-bond acceptors (Lipinski definition) is 4. The van der Waals surface area contributed by atoms with Crippen molar-refractivity contribution in [2.75, 3.05) is 11.5 Å². The van der Waals surface area contributed by atoms with Crippen LogP contribution in [0, 0.1) is 15.9 Å². The van der Waals surface area contributed by atoms with Crippen LogP contribution < -0.4 is 5.32 Å². The van der Waals surface area contributed by atoms with Gasteiger partial charge in [0, 0.05) is 30.0 Å². The van der Waals surface area contributed by atoms with E-state index in [1.807, 2.05) is 11.8 Å². The third-order valence-corrected chi connectivity index (χ3v) is 4.21. The summed E-state index contributed by atoms with van der Waals surface area (Å²) in [4.78, 5) is 9.94. The van der Waals surface area contributed by atoms with Crippen LogP contribution in [0.15, 0.2) is 18.2 Å². The van der Waals surface area contributed by atoms with Crippen molar-refractivity contribution in [3.63, 3.8) is 0 Å². The smallest absolute Gasteiger partial charge is 0.305 e. The summed E-state index contributed by atoms with van der Waals surface area (Å²) in [5.41, 5.74) is -0.0907. The van der Waals surface area contributed by atoms with E-state index in [9.17, 15) is 14.5 Å². The van der Waals surface area contributed by atoms with Crippen LogP contribution in [0.4, 0.5) is 10.1 Å². The quantitative estimate of drug-likeness (QED) is 0.675. The average Bonchev–Trinajstić information content (AvgIpc) is 2.38. The molecule has 0 aromatic heterocycles. The summed E-state index contributed by atoms with van der Waals surface area (Å²) in [5.74, 6) is 1.48.